The van der Waals surface area contributed by atoms with Gasteiger partial charge in [-0.25, -0.2) is 9.59 Å². The molecular formula is C29H47NO9SSi2. The van der Waals surface area contributed by atoms with Crippen LogP contribution in [0.1, 0.15) is 61.8 Å². The second-order valence-electron chi connectivity index (χ2n) is 12.7. The lowest BCUT2D eigenvalue weighted by atomic mass is 9.90. The van der Waals surface area contributed by atoms with Gasteiger partial charge in [0.1, 0.15) is 18.3 Å². The molecule has 0 radical (unpaired) electrons. The Labute approximate surface area is 256 Å². The van der Waals surface area contributed by atoms with E-state index < -0.39 is 64.6 Å². The number of methoxy groups -OCH3 is 1. The standard InChI is InChI=1S/C29H47NO9SSi2/c1-17(2)41(18(3)4)35-16-23(38-42(39-41,19(5)6)20(7)8)25(31)26-24-22(36-28(33)30-24)15-29(37-26,27(32)34-9)40-21-13-11-10-12-14-21/h10-14,17-20,22-26,31H,15-16H2,1-9H3,(H,30,33)/t22-,23+,24+,25+,26+,29-/m0/s1. The number of thioether (sulfide) groups is 1. The summed E-state index contributed by atoms with van der Waals surface area (Å²) < 4.78 is 38.3. The van der Waals surface area contributed by atoms with Gasteiger partial charge in [-0.15, -0.1) is 0 Å². The summed E-state index contributed by atoms with van der Waals surface area (Å²) in [5, 5.41) is 14.9. The van der Waals surface area contributed by atoms with Crippen molar-refractivity contribution in [1.29, 1.82) is 0 Å². The zero-order valence-electron chi connectivity index (χ0n) is 26.1. The molecule has 13 heteroatoms. The molecule has 1 aromatic carbocycles. The van der Waals surface area contributed by atoms with Crippen LogP contribution in [0.2, 0.25) is 22.2 Å². The summed E-state index contributed by atoms with van der Waals surface area (Å²) >= 11 is 1.18. The van der Waals surface area contributed by atoms with Crippen molar-refractivity contribution < 1.29 is 41.9 Å². The molecule has 236 valence electrons. The van der Waals surface area contributed by atoms with Crippen molar-refractivity contribution in [3.05, 3.63) is 30.3 Å². The molecule has 42 heavy (non-hydrogen) atoms. The number of esters is 1. The third-order valence-corrected chi connectivity index (χ3v) is 20.2. The predicted octanol–water partition coefficient (Wildman–Crippen LogP) is 5.23. The van der Waals surface area contributed by atoms with Gasteiger partial charge in [-0.05, 0) is 34.3 Å². The lowest BCUT2D eigenvalue weighted by Gasteiger charge is -2.47. The number of hydrogen-bond donors (Lipinski definition) is 2. The highest BCUT2D eigenvalue weighted by atomic mass is 32.2. The Hall–Kier alpha value is -1.46. The van der Waals surface area contributed by atoms with Gasteiger partial charge in [-0.2, -0.15) is 0 Å². The van der Waals surface area contributed by atoms with Gasteiger partial charge in [0, 0.05) is 11.3 Å². The summed E-state index contributed by atoms with van der Waals surface area (Å²) in [5.41, 5.74) is 0.424. The van der Waals surface area contributed by atoms with Gasteiger partial charge in [-0.1, -0.05) is 85.4 Å². The van der Waals surface area contributed by atoms with Gasteiger partial charge < -0.3 is 37.6 Å². The highest BCUT2D eigenvalue weighted by Crippen LogP contribution is 2.49. The number of aliphatic hydroxyl groups excluding tert-OH is 1. The van der Waals surface area contributed by atoms with Crippen molar-refractivity contribution in [3.8, 4) is 0 Å². The first-order valence-corrected chi connectivity index (χ1v) is 19.6. The van der Waals surface area contributed by atoms with Gasteiger partial charge in [0.25, 0.3) is 0 Å². The number of fused-ring (bicyclic) bond motifs is 1. The third kappa shape index (κ3) is 6.08. The van der Waals surface area contributed by atoms with Gasteiger partial charge in [0.05, 0.1) is 25.9 Å². The van der Waals surface area contributed by atoms with Crippen molar-refractivity contribution >= 4 is 40.9 Å². The molecule has 0 bridgehead atoms. The molecule has 1 amide bonds. The largest absolute Gasteiger partial charge is 0.466 e. The molecule has 4 rings (SSSR count). The summed E-state index contributed by atoms with van der Waals surface area (Å²) in [4.78, 5) is 25.1. The van der Waals surface area contributed by atoms with Gasteiger partial charge in [-0.3, -0.25) is 0 Å². The topological polar surface area (TPSA) is 122 Å². The second-order valence-corrected chi connectivity index (χ2v) is 22.9. The van der Waals surface area contributed by atoms with Crippen LogP contribution in [0.5, 0.6) is 0 Å². The first-order chi connectivity index (χ1) is 19.7. The Balaban J connectivity index is 1.76. The molecule has 1 aromatic rings. The van der Waals surface area contributed by atoms with Crippen LogP contribution in [0.25, 0.3) is 0 Å². The van der Waals surface area contributed by atoms with Gasteiger partial charge in [0.2, 0.25) is 4.93 Å². The third-order valence-electron chi connectivity index (χ3n) is 8.68. The second kappa shape index (κ2) is 12.9. The summed E-state index contributed by atoms with van der Waals surface area (Å²) in [6.07, 6.45) is -4.48. The molecule has 3 saturated heterocycles. The van der Waals surface area contributed by atoms with E-state index in [4.69, 9.17) is 27.2 Å². The Kier molecular flexibility index (Phi) is 10.3. The lowest BCUT2D eigenvalue weighted by molar-refractivity contribution is -0.197. The number of nitrogens with one attached hydrogen (secondary N) is 1. The monoisotopic (exact) mass is 641 g/mol. The van der Waals surface area contributed by atoms with Crippen LogP contribution in [0, 0.1) is 0 Å². The van der Waals surface area contributed by atoms with E-state index in [0.29, 0.717) is 0 Å². The quantitative estimate of drug-likeness (QED) is 0.274. The van der Waals surface area contributed by atoms with Crippen LogP contribution >= 0.6 is 11.8 Å². The molecule has 0 aromatic heterocycles. The van der Waals surface area contributed by atoms with E-state index in [-0.39, 0.29) is 35.2 Å². The van der Waals surface area contributed by atoms with Crippen molar-refractivity contribution in [2.75, 3.05) is 13.7 Å². The fraction of sp³-hybridized carbons (Fsp3) is 0.724. The molecule has 0 unspecified atom stereocenters. The normalized spacial score (nSPS) is 31.4. The van der Waals surface area contributed by atoms with Crippen LogP contribution in [-0.2, 0) is 32.0 Å². The first kappa shape index (κ1) is 33.4. The Morgan fingerprint density at radius 3 is 2.17 bits per heavy atom. The van der Waals surface area contributed by atoms with Crippen LogP contribution < -0.4 is 5.32 Å². The molecule has 10 nitrogen and oxygen atoms in total. The van der Waals surface area contributed by atoms with Crippen LogP contribution in [0.3, 0.4) is 0 Å². The average Bonchev–Trinajstić information content (AvgIpc) is 3.19. The Bertz CT molecular complexity index is 1090. The Morgan fingerprint density at radius 2 is 1.62 bits per heavy atom. The minimum absolute atomic E-state index is 0.0460. The first-order valence-electron chi connectivity index (χ1n) is 14.9. The molecule has 3 fully saturated rings. The molecule has 2 N–H and O–H groups in total. The maximum atomic E-state index is 13.4. The fourth-order valence-electron chi connectivity index (χ4n) is 6.47. The Morgan fingerprint density at radius 1 is 1.02 bits per heavy atom. The summed E-state index contributed by atoms with van der Waals surface area (Å²) in [5.74, 6) is -0.629. The van der Waals surface area contributed by atoms with Crippen molar-refractivity contribution in [3.63, 3.8) is 0 Å². The van der Waals surface area contributed by atoms with Crippen molar-refractivity contribution in [1.82, 2.24) is 5.32 Å². The summed E-state index contributed by atoms with van der Waals surface area (Å²) in [6.45, 7) is 17.1. The number of carbonyl (C=O) groups is 2. The number of rotatable bonds is 9. The number of benzene rings is 1. The number of carbonyl (C=O) groups excluding carboxylic acids is 2. The zero-order valence-corrected chi connectivity index (χ0v) is 28.9. The minimum Gasteiger partial charge on any atom is -0.466 e. The zero-order chi connectivity index (χ0) is 31.0. The van der Waals surface area contributed by atoms with E-state index in [9.17, 15) is 14.7 Å². The molecule has 3 aliphatic heterocycles. The van der Waals surface area contributed by atoms with E-state index in [0.717, 1.165) is 4.90 Å². The molecule has 0 saturated carbocycles. The van der Waals surface area contributed by atoms with Gasteiger partial charge in [0.15, 0.2) is 0 Å². The minimum atomic E-state index is -3.00. The van der Waals surface area contributed by atoms with Crippen molar-refractivity contribution in [2.45, 2.75) is 124 Å². The highest BCUT2D eigenvalue weighted by molar-refractivity contribution is 8.01. The maximum Gasteiger partial charge on any atom is 0.407 e. The number of amides is 1. The number of hydrogen-bond acceptors (Lipinski definition) is 10. The molecule has 3 heterocycles. The van der Waals surface area contributed by atoms with E-state index in [1.54, 1.807) is 0 Å². The van der Waals surface area contributed by atoms with E-state index in [1.807, 2.05) is 30.3 Å². The predicted molar refractivity (Wildman–Crippen MR) is 164 cm³/mol. The van der Waals surface area contributed by atoms with Crippen molar-refractivity contribution in [2.24, 2.45) is 0 Å². The van der Waals surface area contributed by atoms with Crippen LogP contribution in [0.15, 0.2) is 35.2 Å². The summed E-state index contributed by atoms with van der Waals surface area (Å²) in [7, 11) is -4.53. The van der Waals surface area contributed by atoms with E-state index in [2.05, 4.69) is 60.7 Å². The van der Waals surface area contributed by atoms with Gasteiger partial charge >= 0.3 is 29.2 Å². The maximum absolute atomic E-state index is 13.4. The molecule has 0 spiro atoms. The number of alkyl carbamates (subject to hydrolysis) is 1. The van der Waals surface area contributed by atoms with E-state index >= 15 is 0 Å². The molecule has 6 atom stereocenters. The molecular weight excluding hydrogens is 595 g/mol. The average molecular weight is 642 g/mol. The number of ether oxygens (including phenoxy) is 3. The van der Waals surface area contributed by atoms with Crippen LogP contribution in [-0.4, -0.2) is 83.4 Å². The summed E-state index contributed by atoms with van der Waals surface area (Å²) in [6, 6.07) is 8.62. The molecule has 0 aliphatic carbocycles. The highest BCUT2D eigenvalue weighted by Gasteiger charge is 2.63. The fourth-order valence-corrected chi connectivity index (χ4v) is 18.9. The smallest absolute Gasteiger partial charge is 0.407 e. The van der Waals surface area contributed by atoms with Crippen LogP contribution in [0.4, 0.5) is 4.79 Å². The number of aliphatic hydroxyl groups is 1. The van der Waals surface area contributed by atoms with E-state index in [1.165, 1.54) is 18.9 Å². The molecule has 3 aliphatic rings. The lowest BCUT2D eigenvalue weighted by Crippen LogP contribution is -2.64. The SMILES string of the molecule is COC(=O)[C@@]1(Sc2ccccc2)C[C@@H]2OC(=O)N[C@H]2[C@H]([C@H](O)[C@H]2CO[Si](C(C)C)(C(C)C)O[Si](C(C)C)(C(C)C)O2)O1.